The second-order valence-electron chi connectivity index (χ2n) is 3.91. The third kappa shape index (κ3) is 6.50. The third-order valence-electron chi connectivity index (χ3n) is 2.62. The van der Waals surface area contributed by atoms with Crippen molar-refractivity contribution in [2.45, 2.75) is 40.5 Å². The largest absolute Gasteiger partial charge is 0.355 e. The van der Waals surface area contributed by atoms with Crippen molar-refractivity contribution >= 4 is 5.91 Å². The van der Waals surface area contributed by atoms with Crippen molar-refractivity contribution in [3.05, 3.63) is 0 Å². The Balaban J connectivity index is 0.000000921. The molecule has 3 heteroatoms. The second-order valence-corrected chi connectivity index (χ2v) is 3.91. The molecule has 0 aromatic heterocycles. The summed E-state index contributed by atoms with van der Waals surface area (Å²) in [4.78, 5) is 13.5. The lowest BCUT2D eigenvalue weighted by Gasteiger charge is -2.29. The van der Waals surface area contributed by atoms with Gasteiger partial charge in [-0.3, -0.25) is 9.69 Å². The summed E-state index contributed by atoms with van der Waals surface area (Å²) >= 11 is 0. The molecule has 1 heterocycles. The molecule has 0 aliphatic carbocycles. The van der Waals surface area contributed by atoms with Gasteiger partial charge in [0.2, 0.25) is 5.91 Å². The first-order chi connectivity index (χ1) is 7.22. The number of carbonyl (C=O) groups excluding carboxylic acids is 1. The van der Waals surface area contributed by atoms with E-state index in [1.807, 2.05) is 20.8 Å². The van der Waals surface area contributed by atoms with E-state index in [0.29, 0.717) is 6.54 Å². The number of hydrogen-bond donors (Lipinski definition) is 1. The number of piperidine rings is 1. The van der Waals surface area contributed by atoms with Gasteiger partial charge in [-0.2, -0.15) is 0 Å². The van der Waals surface area contributed by atoms with E-state index in [1.165, 1.54) is 12.8 Å². The summed E-state index contributed by atoms with van der Waals surface area (Å²) in [7, 11) is 0. The molecule has 0 saturated carbocycles. The normalized spacial score (nSPS) is 17.9. The van der Waals surface area contributed by atoms with Crippen molar-refractivity contribution < 1.29 is 4.79 Å². The van der Waals surface area contributed by atoms with Crippen LogP contribution in [0.3, 0.4) is 0 Å². The van der Waals surface area contributed by atoms with Crippen LogP contribution in [-0.2, 0) is 4.79 Å². The first-order valence-corrected chi connectivity index (χ1v) is 6.21. The van der Waals surface area contributed by atoms with E-state index in [0.717, 1.165) is 25.6 Å². The number of nitrogens with one attached hydrogen (secondary N) is 1. The highest BCUT2D eigenvalue weighted by Crippen LogP contribution is 2.15. The van der Waals surface area contributed by atoms with Gasteiger partial charge in [0, 0.05) is 6.54 Å². The Morgan fingerprint density at radius 3 is 2.33 bits per heavy atom. The molecule has 3 nitrogen and oxygen atoms in total. The highest BCUT2D eigenvalue weighted by molar-refractivity contribution is 5.77. The zero-order chi connectivity index (χ0) is 11.7. The maximum atomic E-state index is 11.2. The summed E-state index contributed by atoms with van der Waals surface area (Å²) in [6, 6.07) is 0. The van der Waals surface area contributed by atoms with Crippen LogP contribution in [0.15, 0.2) is 0 Å². The molecule has 0 aromatic rings. The lowest BCUT2D eigenvalue weighted by atomic mass is 9.99. The van der Waals surface area contributed by atoms with Gasteiger partial charge in [-0.05, 0) is 38.8 Å². The van der Waals surface area contributed by atoms with Gasteiger partial charge in [0.1, 0.15) is 0 Å². The summed E-state index contributed by atoms with van der Waals surface area (Å²) in [5.74, 6) is 1.00. The van der Waals surface area contributed by atoms with Crippen molar-refractivity contribution in [3.63, 3.8) is 0 Å². The number of rotatable bonds is 3. The zero-order valence-corrected chi connectivity index (χ0v) is 10.7. The lowest BCUT2D eigenvalue weighted by Crippen LogP contribution is -2.41. The summed E-state index contributed by atoms with van der Waals surface area (Å²) in [6.07, 6.45) is 2.47. The van der Waals surface area contributed by atoms with E-state index in [1.54, 1.807) is 0 Å². The molecule has 1 saturated heterocycles. The van der Waals surface area contributed by atoms with Gasteiger partial charge in [0.15, 0.2) is 0 Å². The highest BCUT2D eigenvalue weighted by atomic mass is 16.2. The summed E-state index contributed by atoms with van der Waals surface area (Å²) in [5, 5.41) is 2.82. The average Bonchev–Trinajstić information content (AvgIpc) is 2.25. The van der Waals surface area contributed by atoms with E-state index >= 15 is 0 Å². The van der Waals surface area contributed by atoms with Gasteiger partial charge < -0.3 is 5.32 Å². The van der Waals surface area contributed by atoms with Gasteiger partial charge in [-0.15, -0.1) is 0 Å². The van der Waals surface area contributed by atoms with Crippen LogP contribution in [0.25, 0.3) is 0 Å². The summed E-state index contributed by atoms with van der Waals surface area (Å²) in [6.45, 7) is 11.7. The van der Waals surface area contributed by atoms with Crippen LogP contribution in [0.4, 0.5) is 0 Å². The van der Waals surface area contributed by atoms with E-state index in [-0.39, 0.29) is 5.91 Å². The van der Waals surface area contributed by atoms with Crippen LogP contribution in [0.5, 0.6) is 0 Å². The molecule has 1 aliphatic rings. The molecule has 0 bridgehead atoms. The van der Waals surface area contributed by atoms with Crippen molar-refractivity contribution in [1.29, 1.82) is 0 Å². The summed E-state index contributed by atoms with van der Waals surface area (Å²) in [5.41, 5.74) is 0. The lowest BCUT2D eigenvalue weighted by molar-refractivity contribution is -0.122. The van der Waals surface area contributed by atoms with Crippen LogP contribution in [0, 0.1) is 5.92 Å². The minimum Gasteiger partial charge on any atom is -0.355 e. The molecule has 0 spiro atoms. The zero-order valence-electron chi connectivity index (χ0n) is 10.7. The Morgan fingerprint density at radius 2 is 1.87 bits per heavy atom. The molecule has 1 rings (SSSR count). The maximum Gasteiger partial charge on any atom is 0.234 e. The smallest absolute Gasteiger partial charge is 0.234 e. The number of carbonyl (C=O) groups is 1. The van der Waals surface area contributed by atoms with Crippen LogP contribution in [0.1, 0.15) is 40.5 Å². The number of nitrogens with zero attached hydrogens (tertiary/aromatic N) is 1. The van der Waals surface area contributed by atoms with E-state index in [2.05, 4.69) is 17.1 Å². The molecule has 1 aliphatic heterocycles. The first kappa shape index (κ1) is 14.4. The molecule has 0 radical (unpaired) electrons. The first-order valence-electron chi connectivity index (χ1n) is 6.21. The molecule has 0 unspecified atom stereocenters. The molecule has 15 heavy (non-hydrogen) atoms. The summed E-state index contributed by atoms with van der Waals surface area (Å²) < 4.78 is 0. The second kappa shape index (κ2) is 8.72. The van der Waals surface area contributed by atoms with Crippen LogP contribution < -0.4 is 5.32 Å². The van der Waals surface area contributed by atoms with E-state index < -0.39 is 0 Å². The minimum absolute atomic E-state index is 0.164. The van der Waals surface area contributed by atoms with Gasteiger partial charge >= 0.3 is 0 Å². The van der Waals surface area contributed by atoms with Gasteiger partial charge in [0.25, 0.3) is 0 Å². The topological polar surface area (TPSA) is 32.3 Å². The van der Waals surface area contributed by atoms with Gasteiger partial charge in [-0.25, -0.2) is 0 Å². The van der Waals surface area contributed by atoms with Crippen LogP contribution in [-0.4, -0.2) is 37.0 Å². The van der Waals surface area contributed by atoms with Crippen LogP contribution >= 0.6 is 0 Å². The predicted molar refractivity (Wildman–Crippen MR) is 64.9 cm³/mol. The number of likely N-dealkylation sites (N-methyl/N-ethyl adjacent to an activating group) is 1. The molecular weight excluding hydrogens is 188 g/mol. The molecule has 90 valence electrons. The Kier molecular flexibility index (Phi) is 8.38. The Labute approximate surface area is 94.2 Å². The fraction of sp³-hybridized carbons (Fsp3) is 0.917. The van der Waals surface area contributed by atoms with E-state index in [9.17, 15) is 4.79 Å². The van der Waals surface area contributed by atoms with Crippen molar-refractivity contribution in [2.75, 3.05) is 26.2 Å². The Bertz CT molecular complexity index is 163. The Hall–Kier alpha value is -0.570. The maximum absolute atomic E-state index is 11.2. The number of amides is 1. The Morgan fingerprint density at radius 1 is 1.33 bits per heavy atom. The third-order valence-corrected chi connectivity index (χ3v) is 2.62. The molecule has 0 aromatic carbocycles. The fourth-order valence-corrected chi connectivity index (χ4v) is 1.68. The van der Waals surface area contributed by atoms with Gasteiger partial charge in [0.05, 0.1) is 6.54 Å². The number of likely N-dealkylation sites (tertiary alicyclic amines) is 1. The fourth-order valence-electron chi connectivity index (χ4n) is 1.68. The molecule has 1 fully saturated rings. The highest BCUT2D eigenvalue weighted by Gasteiger charge is 2.17. The van der Waals surface area contributed by atoms with Crippen molar-refractivity contribution in [2.24, 2.45) is 5.92 Å². The minimum atomic E-state index is 0.164. The van der Waals surface area contributed by atoms with E-state index in [4.69, 9.17) is 0 Å². The van der Waals surface area contributed by atoms with Crippen LogP contribution in [0.2, 0.25) is 0 Å². The predicted octanol–water partition coefficient (Wildman–Crippen LogP) is 1.88. The van der Waals surface area contributed by atoms with Crippen molar-refractivity contribution in [1.82, 2.24) is 10.2 Å². The molecular formula is C12H26N2O. The average molecular weight is 214 g/mol. The quantitative estimate of drug-likeness (QED) is 0.778. The SMILES string of the molecule is CC.CCNC(=O)CN1CCC(C)CC1. The monoisotopic (exact) mass is 214 g/mol. The standard InChI is InChI=1S/C10H20N2O.C2H6/c1-3-11-10(13)8-12-6-4-9(2)5-7-12;1-2/h9H,3-8H2,1-2H3,(H,11,13);1-2H3. The molecule has 0 atom stereocenters. The molecule has 1 N–H and O–H groups in total. The number of hydrogen-bond acceptors (Lipinski definition) is 2. The van der Waals surface area contributed by atoms with Crippen molar-refractivity contribution in [3.8, 4) is 0 Å². The molecule has 1 amide bonds. The van der Waals surface area contributed by atoms with Gasteiger partial charge in [-0.1, -0.05) is 20.8 Å².